The van der Waals surface area contributed by atoms with Gasteiger partial charge in [-0.3, -0.25) is 20.4 Å². The molecule has 0 saturated heterocycles. The average molecular weight is 338 g/mol. The monoisotopic (exact) mass is 338 g/mol. The summed E-state index contributed by atoms with van der Waals surface area (Å²) in [6.45, 7) is 7.00. The summed E-state index contributed by atoms with van der Waals surface area (Å²) in [5.41, 5.74) is 7.64. The lowest BCUT2D eigenvalue weighted by atomic mass is 10.0. The van der Waals surface area contributed by atoms with Crippen LogP contribution in [-0.2, 0) is 9.59 Å². The molecule has 0 aliphatic heterocycles. The molecule has 0 saturated carbocycles. The Labute approximate surface area is 146 Å². The number of rotatable bonds is 4. The maximum atomic E-state index is 13.2. The quantitative estimate of drug-likeness (QED) is 0.510. The van der Waals surface area contributed by atoms with Crippen LogP contribution < -0.4 is 10.9 Å². The van der Waals surface area contributed by atoms with E-state index in [9.17, 15) is 14.0 Å². The summed E-state index contributed by atoms with van der Waals surface area (Å²) < 4.78 is 13.2. The van der Waals surface area contributed by atoms with Crippen LogP contribution in [0.25, 0.3) is 11.6 Å². The number of carbonyl (C=O) groups is 2. The molecule has 5 heteroatoms. The minimum absolute atomic E-state index is 0.270. The van der Waals surface area contributed by atoms with Crippen molar-refractivity contribution >= 4 is 23.5 Å². The van der Waals surface area contributed by atoms with Crippen LogP contribution in [0, 0.1) is 12.7 Å². The number of benzene rings is 2. The molecule has 2 amide bonds. The van der Waals surface area contributed by atoms with Crippen molar-refractivity contribution in [2.45, 2.75) is 13.8 Å². The number of aryl methyl sites for hydroxylation is 1. The molecular formula is C20H19FN2O2. The first-order chi connectivity index (χ1) is 11.9. The van der Waals surface area contributed by atoms with Crippen molar-refractivity contribution in [1.82, 2.24) is 10.9 Å². The summed E-state index contributed by atoms with van der Waals surface area (Å²) in [5.74, 6) is -1.39. The second-order valence-corrected chi connectivity index (χ2v) is 5.66. The number of hydrazine groups is 1. The number of hydrogen-bond acceptors (Lipinski definition) is 2. The maximum absolute atomic E-state index is 13.2. The van der Waals surface area contributed by atoms with Gasteiger partial charge in [-0.25, -0.2) is 4.39 Å². The van der Waals surface area contributed by atoms with E-state index < -0.39 is 17.6 Å². The van der Waals surface area contributed by atoms with E-state index in [4.69, 9.17) is 0 Å². The van der Waals surface area contributed by atoms with E-state index in [1.54, 1.807) is 6.08 Å². The Balaban J connectivity index is 2.33. The zero-order valence-electron chi connectivity index (χ0n) is 14.1. The summed E-state index contributed by atoms with van der Waals surface area (Å²) in [6.07, 6.45) is 1.68. The van der Waals surface area contributed by atoms with Gasteiger partial charge in [-0.05, 0) is 43.2 Å². The van der Waals surface area contributed by atoms with Crippen LogP contribution in [0.15, 0.2) is 60.7 Å². The van der Waals surface area contributed by atoms with Crippen molar-refractivity contribution in [3.63, 3.8) is 0 Å². The smallest absolute Gasteiger partial charge is 0.268 e. The highest BCUT2D eigenvalue weighted by molar-refractivity contribution is 6.24. The summed E-state index contributed by atoms with van der Waals surface area (Å²) in [5, 5.41) is 0. The molecule has 2 N–H and O–H groups in total. The Morgan fingerprint density at radius 1 is 0.960 bits per heavy atom. The van der Waals surface area contributed by atoms with Gasteiger partial charge in [-0.1, -0.05) is 48.5 Å². The summed E-state index contributed by atoms with van der Waals surface area (Å²) >= 11 is 0. The van der Waals surface area contributed by atoms with Crippen molar-refractivity contribution in [3.05, 3.63) is 83.2 Å². The van der Waals surface area contributed by atoms with Gasteiger partial charge in [0.1, 0.15) is 5.82 Å². The summed E-state index contributed by atoms with van der Waals surface area (Å²) in [6, 6.07) is 13.2. The minimum atomic E-state index is -0.512. The predicted octanol–water partition coefficient (Wildman–Crippen LogP) is 3.40. The lowest BCUT2D eigenvalue weighted by Gasteiger charge is -2.11. The van der Waals surface area contributed by atoms with Crippen molar-refractivity contribution in [2.24, 2.45) is 0 Å². The van der Waals surface area contributed by atoms with E-state index in [0.717, 1.165) is 11.1 Å². The van der Waals surface area contributed by atoms with Crippen LogP contribution in [0.3, 0.4) is 0 Å². The largest absolute Gasteiger partial charge is 0.270 e. The first-order valence-electron chi connectivity index (χ1n) is 7.67. The first kappa shape index (κ1) is 18.1. The molecule has 0 aliphatic carbocycles. The molecule has 0 fully saturated rings. The highest BCUT2D eigenvalue weighted by Gasteiger charge is 2.13. The molecule has 0 radical (unpaired) electrons. The Hall–Kier alpha value is -3.21. The second-order valence-electron chi connectivity index (χ2n) is 5.66. The summed E-state index contributed by atoms with van der Waals surface area (Å²) in [4.78, 5) is 24.1. The highest BCUT2D eigenvalue weighted by atomic mass is 19.1. The fraction of sp³-hybridized carbons (Fsp3) is 0.100. The van der Waals surface area contributed by atoms with Crippen LogP contribution in [0.5, 0.6) is 0 Å². The number of amides is 2. The van der Waals surface area contributed by atoms with E-state index in [-0.39, 0.29) is 5.57 Å². The SMILES string of the molecule is C=C(C)C(=O)NNC(=O)/C(=C/c1ccc(C)cc1)c1ccc(F)cc1. The molecule has 2 aromatic rings. The van der Waals surface area contributed by atoms with Crippen molar-refractivity contribution in [2.75, 3.05) is 0 Å². The van der Waals surface area contributed by atoms with Crippen LogP contribution in [0.1, 0.15) is 23.6 Å². The molecule has 0 bridgehead atoms. The molecule has 0 unspecified atom stereocenters. The van der Waals surface area contributed by atoms with Gasteiger partial charge in [0.2, 0.25) is 0 Å². The number of halogens is 1. The third-order valence-corrected chi connectivity index (χ3v) is 3.47. The van der Waals surface area contributed by atoms with Crippen molar-refractivity contribution in [1.29, 1.82) is 0 Å². The standard InChI is InChI=1S/C20H19FN2O2/c1-13(2)19(24)22-23-20(25)18(16-8-10-17(21)11-9-16)12-15-6-4-14(3)5-7-15/h4-12H,1H2,2-3H3,(H,22,24)(H,23,25)/b18-12+. The van der Waals surface area contributed by atoms with Gasteiger partial charge in [-0.2, -0.15) is 0 Å². The van der Waals surface area contributed by atoms with Gasteiger partial charge in [0, 0.05) is 11.1 Å². The Morgan fingerprint density at radius 2 is 1.52 bits per heavy atom. The van der Waals surface area contributed by atoms with E-state index >= 15 is 0 Å². The molecule has 2 rings (SSSR count). The van der Waals surface area contributed by atoms with E-state index in [1.165, 1.54) is 31.2 Å². The molecule has 0 atom stereocenters. The molecule has 128 valence electrons. The number of hydrogen-bond donors (Lipinski definition) is 2. The molecule has 4 nitrogen and oxygen atoms in total. The average Bonchev–Trinajstić information content (AvgIpc) is 2.59. The third-order valence-electron chi connectivity index (χ3n) is 3.47. The predicted molar refractivity (Wildman–Crippen MR) is 96.5 cm³/mol. The molecular weight excluding hydrogens is 319 g/mol. The Bertz CT molecular complexity index is 822. The number of nitrogens with one attached hydrogen (secondary N) is 2. The molecule has 2 aromatic carbocycles. The third kappa shape index (κ3) is 5.14. The van der Waals surface area contributed by atoms with Crippen molar-refractivity contribution < 1.29 is 14.0 Å². The normalized spacial score (nSPS) is 10.9. The van der Waals surface area contributed by atoms with Gasteiger partial charge in [-0.15, -0.1) is 0 Å². The molecule has 25 heavy (non-hydrogen) atoms. The molecule has 0 aromatic heterocycles. The van der Waals surface area contributed by atoms with E-state index in [0.29, 0.717) is 11.1 Å². The van der Waals surface area contributed by atoms with Crippen LogP contribution in [-0.4, -0.2) is 11.8 Å². The minimum Gasteiger partial charge on any atom is -0.268 e. The van der Waals surface area contributed by atoms with E-state index in [1.807, 2.05) is 31.2 Å². The van der Waals surface area contributed by atoms with Crippen LogP contribution >= 0.6 is 0 Å². The Morgan fingerprint density at radius 3 is 2.08 bits per heavy atom. The van der Waals surface area contributed by atoms with Crippen LogP contribution in [0.2, 0.25) is 0 Å². The zero-order valence-corrected chi connectivity index (χ0v) is 14.1. The lowest BCUT2D eigenvalue weighted by Crippen LogP contribution is -2.42. The molecule has 0 aliphatic rings. The Kier molecular flexibility index (Phi) is 5.84. The first-order valence-corrected chi connectivity index (χ1v) is 7.67. The zero-order chi connectivity index (χ0) is 18.4. The van der Waals surface area contributed by atoms with Gasteiger partial charge in [0.05, 0.1) is 0 Å². The second kappa shape index (κ2) is 8.06. The fourth-order valence-electron chi connectivity index (χ4n) is 2.03. The molecule has 0 spiro atoms. The summed E-state index contributed by atoms with van der Waals surface area (Å²) in [7, 11) is 0. The van der Waals surface area contributed by atoms with Crippen molar-refractivity contribution in [3.8, 4) is 0 Å². The van der Waals surface area contributed by atoms with Gasteiger partial charge < -0.3 is 0 Å². The van der Waals surface area contributed by atoms with E-state index in [2.05, 4.69) is 17.4 Å². The molecule has 0 heterocycles. The lowest BCUT2D eigenvalue weighted by molar-refractivity contribution is -0.123. The fourth-order valence-corrected chi connectivity index (χ4v) is 2.03. The topological polar surface area (TPSA) is 58.2 Å². The van der Waals surface area contributed by atoms with Gasteiger partial charge >= 0.3 is 0 Å². The van der Waals surface area contributed by atoms with Gasteiger partial charge in [0.15, 0.2) is 0 Å². The highest BCUT2D eigenvalue weighted by Crippen LogP contribution is 2.19. The number of carbonyl (C=O) groups excluding carboxylic acids is 2. The van der Waals surface area contributed by atoms with Gasteiger partial charge in [0.25, 0.3) is 11.8 Å². The maximum Gasteiger partial charge on any atom is 0.270 e. The van der Waals surface area contributed by atoms with Crippen LogP contribution in [0.4, 0.5) is 4.39 Å².